The van der Waals surface area contributed by atoms with Gasteiger partial charge in [-0.1, -0.05) is 35.5 Å². The number of aliphatic hydroxyl groups is 2. The molecule has 0 amide bonds. The maximum absolute atomic E-state index is 9.41. The molecule has 3 N–H and O–H groups in total. The van der Waals surface area contributed by atoms with Crippen molar-refractivity contribution in [1.82, 2.24) is 20.3 Å². The normalized spacial score (nSPS) is 12.5. The number of hydrogen-bond acceptors (Lipinski definition) is 5. The van der Waals surface area contributed by atoms with Crippen LogP contribution < -0.4 is 5.32 Å². The Kier molecular flexibility index (Phi) is 5.02. The average Bonchev–Trinajstić information content (AvgIpc) is 2.89. The molecular weight excluding hydrogens is 244 g/mol. The summed E-state index contributed by atoms with van der Waals surface area (Å²) >= 11 is 0. The lowest BCUT2D eigenvalue weighted by Crippen LogP contribution is -2.24. The van der Waals surface area contributed by atoms with Gasteiger partial charge in [0.25, 0.3) is 0 Å². The van der Waals surface area contributed by atoms with Crippen molar-refractivity contribution in [3.63, 3.8) is 0 Å². The highest BCUT2D eigenvalue weighted by atomic mass is 16.3. The first-order chi connectivity index (χ1) is 9.33. The third kappa shape index (κ3) is 3.85. The Hall–Kier alpha value is -1.76. The van der Waals surface area contributed by atoms with Gasteiger partial charge in [0.15, 0.2) is 0 Å². The molecule has 2 aromatic rings. The molecule has 1 atom stereocenters. The van der Waals surface area contributed by atoms with Crippen LogP contribution in [0.15, 0.2) is 36.5 Å². The summed E-state index contributed by atoms with van der Waals surface area (Å²) < 4.78 is 1.59. The minimum Gasteiger partial charge on any atom is -0.394 e. The minimum atomic E-state index is -0.121. The van der Waals surface area contributed by atoms with Gasteiger partial charge in [-0.2, -0.15) is 0 Å². The van der Waals surface area contributed by atoms with Gasteiger partial charge in [-0.25, -0.2) is 4.68 Å². The van der Waals surface area contributed by atoms with E-state index in [9.17, 15) is 5.11 Å². The molecule has 6 nitrogen and oxygen atoms in total. The average molecular weight is 262 g/mol. The third-order valence-electron chi connectivity index (χ3n) is 2.83. The Morgan fingerprint density at radius 1 is 1.21 bits per heavy atom. The van der Waals surface area contributed by atoms with Crippen molar-refractivity contribution in [3.05, 3.63) is 47.8 Å². The fraction of sp³-hybridized carbons (Fsp3) is 0.385. The summed E-state index contributed by atoms with van der Waals surface area (Å²) in [6.07, 6.45) is 1.78. The van der Waals surface area contributed by atoms with Gasteiger partial charge in [-0.3, -0.25) is 0 Å². The second kappa shape index (κ2) is 6.98. The van der Waals surface area contributed by atoms with Crippen molar-refractivity contribution in [2.45, 2.75) is 19.1 Å². The molecule has 19 heavy (non-hydrogen) atoms. The van der Waals surface area contributed by atoms with Gasteiger partial charge in [0, 0.05) is 12.7 Å². The predicted molar refractivity (Wildman–Crippen MR) is 70.2 cm³/mol. The first kappa shape index (κ1) is 13.7. The van der Waals surface area contributed by atoms with Crippen LogP contribution in [0, 0.1) is 0 Å². The fourth-order valence-corrected chi connectivity index (χ4v) is 1.83. The molecule has 0 aliphatic carbocycles. The summed E-state index contributed by atoms with van der Waals surface area (Å²) in [5.41, 5.74) is 1.82. The second-order valence-corrected chi connectivity index (χ2v) is 4.22. The number of aromatic nitrogens is 3. The summed E-state index contributed by atoms with van der Waals surface area (Å²) in [5, 5.41) is 29.3. The number of nitrogens with one attached hydrogen (secondary N) is 1. The van der Waals surface area contributed by atoms with Gasteiger partial charge in [0.1, 0.15) is 0 Å². The van der Waals surface area contributed by atoms with E-state index in [2.05, 4.69) is 15.6 Å². The number of benzene rings is 1. The highest BCUT2D eigenvalue weighted by Gasteiger charge is 2.10. The highest BCUT2D eigenvalue weighted by Crippen LogP contribution is 2.12. The molecule has 2 rings (SSSR count). The molecule has 0 spiro atoms. The first-order valence-electron chi connectivity index (χ1n) is 6.22. The molecule has 0 bridgehead atoms. The Morgan fingerprint density at radius 2 is 2.00 bits per heavy atom. The molecule has 0 saturated carbocycles. The third-order valence-corrected chi connectivity index (χ3v) is 2.83. The summed E-state index contributed by atoms with van der Waals surface area (Å²) in [6.45, 7) is 1.02. The molecule has 0 radical (unpaired) electrons. The van der Waals surface area contributed by atoms with Crippen molar-refractivity contribution in [2.24, 2.45) is 0 Å². The van der Waals surface area contributed by atoms with E-state index in [-0.39, 0.29) is 19.3 Å². The molecule has 102 valence electrons. The van der Waals surface area contributed by atoms with Crippen LogP contribution in [0.4, 0.5) is 0 Å². The largest absolute Gasteiger partial charge is 0.394 e. The lowest BCUT2D eigenvalue weighted by atomic mass is 10.1. The molecule has 0 aliphatic rings. The van der Waals surface area contributed by atoms with Gasteiger partial charge in [-0.15, -0.1) is 5.10 Å². The van der Waals surface area contributed by atoms with E-state index >= 15 is 0 Å². The number of rotatable bonds is 7. The van der Waals surface area contributed by atoms with E-state index in [1.165, 1.54) is 0 Å². The van der Waals surface area contributed by atoms with Crippen LogP contribution in [-0.4, -0.2) is 38.4 Å². The predicted octanol–water partition coefficient (Wildman–Crippen LogP) is 0.0936. The summed E-state index contributed by atoms with van der Waals surface area (Å²) in [5.74, 6) is 0. The second-order valence-electron chi connectivity index (χ2n) is 4.22. The van der Waals surface area contributed by atoms with E-state index < -0.39 is 0 Å². The Labute approximate surface area is 111 Å². The zero-order valence-electron chi connectivity index (χ0n) is 10.6. The van der Waals surface area contributed by atoms with Gasteiger partial charge < -0.3 is 15.5 Å². The monoisotopic (exact) mass is 262 g/mol. The molecule has 0 fully saturated rings. The van der Waals surface area contributed by atoms with Crippen LogP contribution in [0.5, 0.6) is 0 Å². The first-order valence-corrected chi connectivity index (χ1v) is 6.22. The Balaban J connectivity index is 1.92. The lowest BCUT2D eigenvalue weighted by Gasteiger charge is -2.15. The minimum absolute atomic E-state index is 0.0226. The molecule has 0 saturated heterocycles. The number of hydrogen-bond donors (Lipinski definition) is 3. The van der Waals surface area contributed by atoms with Crippen molar-refractivity contribution < 1.29 is 10.2 Å². The van der Waals surface area contributed by atoms with Crippen LogP contribution in [0.1, 0.15) is 17.3 Å². The zero-order chi connectivity index (χ0) is 13.5. The van der Waals surface area contributed by atoms with Gasteiger partial charge in [0.2, 0.25) is 0 Å². The van der Waals surface area contributed by atoms with Crippen molar-refractivity contribution in [3.8, 4) is 0 Å². The molecule has 1 aromatic carbocycles. The van der Waals surface area contributed by atoms with Crippen molar-refractivity contribution in [1.29, 1.82) is 0 Å². The topological polar surface area (TPSA) is 83.2 Å². The summed E-state index contributed by atoms with van der Waals surface area (Å²) in [7, 11) is 0. The molecule has 1 aromatic heterocycles. The molecule has 0 unspecified atom stereocenters. The van der Waals surface area contributed by atoms with Crippen molar-refractivity contribution in [2.75, 3.05) is 13.2 Å². The van der Waals surface area contributed by atoms with Crippen molar-refractivity contribution >= 4 is 0 Å². The molecular formula is C13H18N4O2. The summed E-state index contributed by atoms with van der Waals surface area (Å²) in [6, 6.07) is 9.64. The molecule has 1 heterocycles. The molecule has 0 aliphatic heterocycles. The SMILES string of the molecule is OCCn1cc(CN[C@H](CO)c2ccccc2)nn1. The fourth-order valence-electron chi connectivity index (χ4n) is 1.83. The van der Waals surface area contributed by atoms with Crippen LogP contribution >= 0.6 is 0 Å². The van der Waals surface area contributed by atoms with E-state index in [1.54, 1.807) is 10.9 Å². The van der Waals surface area contributed by atoms with Gasteiger partial charge in [0.05, 0.1) is 31.5 Å². The quantitative estimate of drug-likeness (QED) is 0.659. The number of aliphatic hydroxyl groups excluding tert-OH is 2. The van der Waals surface area contributed by atoms with Crippen LogP contribution in [0.25, 0.3) is 0 Å². The molecule has 6 heteroatoms. The standard InChI is InChI=1S/C13H18N4O2/c18-7-6-17-9-12(15-16-17)8-14-13(10-19)11-4-2-1-3-5-11/h1-5,9,13-14,18-19H,6-8,10H2/t13-/m1/s1. The lowest BCUT2D eigenvalue weighted by molar-refractivity contribution is 0.243. The highest BCUT2D eigenvalue weighted by molar-refractivity contribution is 5.19. The maximum atomic E-state index is 9.41. The van der Waals surface area contributed by atoms with E-state index in [1.807, 2.05) is 30.3 Å². The maximum Gasteiger partial charge on any atom is 0.0965 e. The smallest absolute Gasteiger partial charge is 0.0965 e. The van der Waals surface area contributed by atoms with E-state index in [0.717, 1.165) is 11.3 Å². The van der Waals surface area contributed by atoms with Crippen LogP contribution in [0.2, 0.25) is 0 Å². The van der Waals surface area contributed by atoms with E-state index in [0.29, 0.717) is 13.1 Å². The number of nitrogens with zero attached hydrogens (tertiary/aromatic N) is 3. The Morgan fingerprint density at radius 3 is 2.68 bits per heavy atom. The van der Waals surface area contributed by atoms with Gasteiger partial charge in [-0.05, 0) is 5.56 Å². The van der Waals surface area contributed by atoms with Gasteiger partial charge >= 0.3 is 0 Å². The Bertz CT molecular complexity index is 486. The van der Waals surface area contributed by atoms with Crippen LogP contribution in [-0.2, 0) is 13.1 Å². The zero-order valence-corrected chi connectivity index (χ0v) is 10.6. The van der Waals surface area contributed by atoms with Crippen LogP contribution in [0.3, 0.4) is 0 Å². The van der Waals surface area contributed by atoms with E-state index in [4.69, 9.17) is 5.11 Å². The summed E-state index contributed by atoms with van der Waals surface area (Å²) in [4.78, 5) is 0.